The second-order valence-electron chi connectivity index (χ2n) is 6.23. The van der Waals surface area contributed by atoms with E-state index in [2.05, 4.69) is 5.32 Å². The van der Waals surface area contributed by atoms with Crippen LogP contribution in [-0.4, -0.2) is 46.9 Å². The molecule has 0 bridgehead atoms. The van der Waals surface area contributed by atoms with Crippen LogP contribution in [0.3, 0.4) is 0 Å². The molecule has 7 heteroatoms. The normalized spacial score (nSPS) is 19.5. The second-order valence-corrected chi connectivity index (χ2v) is 8.31. The van der Waals surface area contributed by atoms with E-state index < -0.39 is 10.8 Å². The van der Waals surface area contributed by atoms with Gasteiger partial charge in [0.2, 0.25) is 11.8 Å². The molecule has 0 radical (unpaired) electrons. The highest BCUT2D eigenvalue weighted by molar-refractivity contribution is 8.01. The van der Waals surface area contributed by atoms with E-state index >= 15 is 0 Å². The minimum atomic E-state index is -0.504. The van der Waals surface area contributed by atoms with E-state index in [1.807, 2.05) is 20.8 Å². The van der Waals surface area contributed by atoms with E-state index in [9.17, 15) is 9.59 Å². The lowest BCUT2D eigenvalue weighted by Gasteiger charge is -2.34. The molecule has 0 saturated carbocycles. The Morgan fingerprint density at radius 3 is 2.83 bits per heavy atom. The summed E-state index contributed by atoms with van der Waals surface area (Å²) in [6.45, 7) is 6.53. The van der Waals surface area contributed by atoms with Gasteiger partial charge < -0.3 is 15.0 Å². The number of halogens is 1. The van der Waals surface area contributed by atoms with Crippen LogP contribution in [0, 0.1) is 0 Å². The van der Waals surface area contributed by atoms with Crippen molar-refractivity contribution in [1.29, 1.82) is 0 Å². The molecule has 1 aliphatic heterocycles. The van der Waals surface area contributed by atoms with Crippen molar-refractivity contribution >= 4 is 35.2 Å². The van der Waals surface area contributed by atoms with Gasteiger partial charge in [0.1, 0.15) is 11.8 Å². The number of likely N-dealkylation sites (N-methyl/N-ethyl adjacent to an activating group) is 1. The fourth-order valence-electron chi connectivity index (χ4n) is 2.43. The summed E-state index contributed by atoms with van der Waals surface area (Å²) in [7, 11) is 1.72. The van der Waals surface area contributed by atoms with Crippen molar-refractivity contribution in [2.75, 3.05) is 19.4 Å². The zero-order valence-electron chi connectivity index (χ0n) is 14.4. The third-order valence-corrected chi connectivity index (χ3v) is 5.51. The molecule has 1 aromatic rings. The van der Waals surface area contributed by atoms with Gasteiger partial charge in [-0.25, -0.2) is 0 Å². The summed E-state index contributed by atoms with van der Waals surface area (Å²) < 4.78 is 5.10. The minimum absolute atomic E-state index is 0.108. The average molecular weight is 371 g/mol. The lowest BCUT2D eigenvalue weighted by molar-refractivity contribution is -0.136. The molecule has 1 N–H and O–H groups in total. The number of nitrogens with zero attached hydrogens (tertiary/aromatic N) is 1. The zero-order valence-corrected chi connectivity index (χ0v) is 16.0. The summed E-state index contributed by atoms with van der Waals surface area (Å²) in [6, 6.07) is 4.86. The SMILES string of the molecule is CCOc1ccc(Cl)cc1CN(C)C(=O)[C@H]1CSC(C)(C)C(=O)N1. The molecule has 1 aliphatic rings. The maximum atomic E-state index is 12.6. The number of hydrogen-bond donors (Lipinski definition) is 1. The van der Waals surface area contributed by atoms with Crippen LogP contribution >= 0.6 is 23.4 Å². The molecule has 5 nitrogen and oxygen atoms in total. The fraction of sp³-hybridized carbons (Fsp3) is 0.529. The van der Waals surface area contributed by atoms with Crippen LogP contribution in [0.4, 0.5) is 0 Å². The largest absolute Gasteiger partial charge is 0.494 e. The van der Waals surface area contributed by atoms with Crippen molar-refractivity contribution in [3.63, 3.8) is 0 Å². The van der Waals surface area contributed by atoms with Crippen molar-refractivity contribution in [3.8, 4) is 5.75 Å². The van der Waals surface area contributed by atoms with E-state index in [1.165, 1.54) is 11.8 Å². The Kier molecular flexibility index (Phi) is 6.04. The van der Waals surface area contributed by atoms with E-state index in [-0.39, 0.29) is 11.8 Å². The summed E-state index contributed by atoms with van der Waals surface area (Å²) in [6.07, 6.45) is 0. The van der Waals surface area contributed by atoms with Crippen molar-refractivity contribution in [1.82, 2.24) is 10.2 Å². The molecule has 0 unspecified atom stereocenters. The van der Waals surface area contributed by atoms with Gasteiger partial charge in [0.25, 0.3) is 0 Å². The van der Waals surface area contributed by atoms with Crippen LogP contribution in [0.15, 0.2) is 18.2 Å². The smallest absolute Gasteiger partial charge is 0.246 e. The van der Waals surface area contributed by atoms with Crippen LogP contribution in [0.1, 0.15) is 26.3 Å². The highest BCUT2D eigenvalue weighted by Crippen LogP contribution is 2.30. The van der Waals surface area contributed by atoms with Crippen LogP contribution in [0.25, 0.3) is 0 Å². The first-order valence-corrected chi connectivity index (χ1v) is 9.22. The van der Waals surface area contributed by atoms with Gasteiger partial charge in [-0.3, -0.25) is 9.59 Å². The van der Waals surface area contributed by atoms with Gasteiger partial charge in [-0.1, -0.05) is 11.6 Å². The van der Waals surface area contributed by atoms with Gasteiger partial charge in [-0.2, -0.15) is 0 Å². The first-order valence-electron chi connectivity index (χ1n) is 7.85. The summed E-state index contributed by atoms with van der Waals surface area (Å²) in [5.41, 5.74) is 0.843. The van der Waals surface area contributed by atoms with Crippen molar-refractivity contribution in [2.24, 2.45) is 0 Å². The van der Waals surface area contributed by atoms with Crippen molar-refractivity contribution in [3.05, 3.63) is 28.8 Å². The maximum absolute atomic E-state index is 12.6. The van der Waals surface area contributed by atoms with Gasteiger partial charge in [-0.05, 0) is 39.0 Å². The summed E-state index contributed by atoms with van der Waals surface area (Å²) in [5, 5.41) is 3.41. The molecule has 1 saturated heterocycles. The molecular weight excluding hydrogens is 348 g/mol. The molecule has 2 amide bonds. The molecule has 132 valence electrons. The Balaban J connectivity index is 2.07. The number of carbonyl (C=O) groups is 2. The predicted octanol–water partition coefficient (Wildman–Crippen LogP) is 2.71. The topological polar surface area (TPSA) is 58.6 Å². The van der Waals surface area contributed by atoms with Gasteiger partial charge in [0, 0.05) is 29.9 Å². The van der Waals surface area contributed by atoms with Gasteiger partial charge >= 0.3 is 0 Å². The molecule has 0 aromatic heterocycles. The Morgan fingerprint density at radius 1 is 1.50 bits per heavy atom. The van der Waals surface area contributed by atoms with Crippen LogP contribution in [-0.2, 0) is 16.1 Å². The highest BCUT2D eigenvalue weighted by Gasteiger charge is 2.38. The van der Waals surface area contributed by atoms with E-state index in [0.717, 1.165) is 5.56 Å². The zero-order chi connectivity index (χ0) is 17.9. The third kappa shape index (κ3) is 4.36. The molecule has 0 aliphatic carbocycles. The number of hydrogen-bond acceptors (Lipinski definition) is 4. The molecular formula is C17H23ClN2O3S. The van der Waals surface area contributed by atoms with Gasteiger partial charge in [0.15, 0.2) is 0 Å². The third-order valence-electron chi connectivity index (χ3n) is 3.87. The maximum Gasteiger partial charge on any atom is 0.246 e. The highest BCUT2D eigenvalue weighted by atomic mass is 35.5. The quantitative estimate of drug-likeness (QED) is 0.865. The Hall–Kier alpha value is -1.40. The number of benzene rings is 1. The van der Waals surface area contributed by atoms with Gasteiger partial charge in [-0.15, -0.1) is 11.8 Å². The lowest BCUT2D eigenvalue weighted by Crippen LogP contribution is -2.57. The number of amides is 2. The molecule has 2 rings (SSSR count). The molecule has 1 aromatic carbocycles. The van der Waals surface area contributed by atoms with E-state index in [0.29, 0.717) is 29.7 Å². The van der Waals surface area contributed by atoms with Gasteiger partial charge in [0.05, 0.1) is 11.4 Å². The van der Waals surface area contributed by atoms with Crippen LogP contribution < -0.4 is 10.1 Å². The standard InChI is InChI=1S/C17H23ClN2O3S/c1-5-23-14-7-6-12(18)8-11(14)9-20(4)15(21)13-10-24-17(2,3)16(22)19-13/h6-8,13H,5,9-10H2,1-4H3,(H,19,22)/t13-/m1/s1. The number of rotatable bonds is 5. The predicted molar refractivity (Wildman–Crippen MR) is 97.6 cm³/mol. The summed E-state index contributed by atoms with van der Waals surface area (Å²) in [5.74, 6) is 1.05. The second kappa shape index (κ2) is 7.66. The van der Waals surface area contributed by atoms with Crippen molar-refractivity contribution in [2.45, 2.75) is 38.1 Å². The van der Waals surface area contributed by atoms with E-state index in [1.54, 1.807) is 30.1 Å². The summed E-state index contributed by atoms with van der Waals surface area (Å²) >= 11 is 7.56. The monoisotopic (exact) mass is 370 g/mol. The number of nitrogens with one attached hydrogen (secondary N) is 1. The summed E-state index contributed by atoms with van der Waals surface area (Å²) in [4.78, 5) is 26.3. The first-order chi connectivity index (χ1) is 11.2. The number of ether oxygens (including phenoxy) is 1. The Bertz CT molecular complexity index is 636. The molecule has 24 heavy (non-hydrogen) atoms. The molecule has 1 fully saturated rings. The lowest BCUT2D eigenvalue weighted by atomic mass is 10.1. The van der Waals surface area contributed by atoms with Crippen molar-refractivity contribution < 1.29 is 14.3 Å². The van der Waals surface area contributed by atoms with Crippen LogP contribution in [0.5, 0.6) is 5.75 Å². The fourth-order valence-corrected chi connectivity index (χ4v) is 3.63. The average Bonchev–Trinajstić information content (AvgIpc) is 2.52. The van der Waals surface area contributed by atoms with Crippen LogP contribution in [0.2, 0.25) is 5.02 Å². The number of carbonyl (C=O) groups excluding carboxylic acids is 2. The molecule has 1 heterocycles. The molecule has 1 atom stereocenters. The number of thioether (sulfide) groups is 1. The Labute approximate surface area is 152 Å². The van der Waals surface area contributed by atoms with E-state index in [4.69, 9.17) is 16.3 Å². The molecule has 0 spiro atoms. The Morgan fingerprint density at radius 2 is 2.21 bits per heavy atom. The first kappa shape index (κ1) is 18.9. The minimum Gasteiger partial charge on any atom is -0.494 e.